The summed E-state index contributed by atoms with van der Waals surface area (Å²) >= 11 is 0. The van der Waals surface area contributed by atoms with E-state index in [9.17, 15) is 14.0 Å². The maximum Gasteiger partial charge on any atom is 0.306 e. The van der Waals surface area contributed by atoms with E-state index in [-0.39, 0.29) is 43.1 Å². The second-order valence-electron chi connectivity index (χ2n) is 7.79. The molecule has 0 bridgehead atoms. The van der Waals surface area contributed by atoms with E-state index in [4.69, 9.17) is 9.26 Å². The van der Waals surface area contributed by atoms with Gasteiger partial charge < -0.3 is 14.2 Å². The number of halogens is 1. The number of esters is 1. The van der Waals surface area contributed by atoms with E-state index in [0.717, 1.165) is 24.8 Å². The average Bonchev–Trinajstić information content (AvgIpc) is 3.30. The predicted octanol–water partition coefficient (Wildman–Crippen LogP) is 3.89. The van der Waals surface area contributed by atoms with Gasteiger partial charge in [0.2, 0.25) is 11.7 Å². The molecule has 1 amide bonds. The summed E-state index contributed by atoms with van der Waals surface area (Å²) in [7, 11) is 1.75. The Labute approximate surface area is 185 Å². The zero-order chi connectivity index (χ0) is 22.5. The fourth-order valence-corrected chi connectivity index (χ4v) is 3.90. The van der Waals surface area contributed by atoms with E-state index in [2.05, 4.69) is 22.3 Å². The quantitative estimate of drug-likeness (QED) is 0.522. The number of hydrogen-bond acceptors (Lipinski definition) is 6. The molecule has 0 saturated carbocycles. The normalized spacial score (nSPS) is 15.1. The Balaban J connectivity index is 1.26. The third-order valence-corrected chi connectivity index (χ3v) is 5.67. The molecule has 1 aliphatic carbocycles. The van der Waals surface area contributed by atoms with E-state index < -0.39 is 5.97 Å². The van der Waals surface area contributed by atoms with Crippen LogP contribution in [0.3, 0.4) is 0 Å². The number of hydrogen-bond donors (Lipinski definition) is 0. The molecule has 3 aromatic rings. The summed E-state index contributed by atoms with van der Waals surface area (Å²) in [5.41, 5.74) is 3.04. The van der Waals surface area contributed by atoms with Crippen LogP contribution in [0, 0.1) is 5.82 Å². The van der Waals surface area contributed by atoms with E-state index in [1.54, 1.807) is 24.1 Å². The first-order valence-corrected chi connectivity index (χ1v) is 10.6. The molecule has 0 fully saturated rings. The molecule has 0 radical (unpaired) electrons. The second-order valence-corrected chi connectivity index (χ2v) is 7.79. The lowest BCUT2D eigenvalue weighted by Crippen LogP contribution is -2.36. The molecule has 4 rings (SSSR count). The van der Waals surface area contributed by atoms with Crippen molar-refractivity contribution in [2.45, 2.75) is 38.1 Å². The van der Waals surface area contributed by atoms with Crippen LogP contribution in [0.5, 0.6) is 0 Å². The highest BCUT2D eigenvalue weighted by atomic mass is 19.1. The van der Waals surface area contributed by atoms with Crippen molar-refractivity contribution in [3.63, 3.8) is 0 Å². The van der Waals surface area contributed by atoms with Crippen molar-refractivity contribution in [1.82, 2.24) is 15.0 Å². The van der Waals surface area contributed by atoms with Crippen molar-refractivity contribution in [2.24, 2.45) is 0 Å². The van der Waals surface area contributed by atoms with Gasteiger partial charge in [0.15, 0.2) is 6.61 Å². The Hall–Kier alpha value is -3.55. The van der Waals surface area contributed by atoms with Gasteiger partial charge in [-0.15, -0.1) is 0 Å². The fourth-order valence-electron chi connectivity index (χ4n) is 3.90. The van der Waals surface area contributed by atoms with Crippen molar-refractivity contribution in [2.75, 3.05) is 13.7 Å². The Morgan fingerprint density at radius 3 is 2.78 bits per heavy atom. The Bertz CT molecular complexity index is 1100. The van der Waals surface area contributed by atoms with E-state index in [0.29, 0.717) is 11.4 Å². The Morgan fingerprint density at radius 2 is 1.97 bits per heavy atom. The Kier molecular flexibility index (Phi) is 6.58. The zero-order valence-electron chi connectivity index (χ0n) is 17.8. The minimum absolute atomic E-state index is 0.00516. The topological polar surface area (TPSA) is 85.5 Å². The number of likely N-dealkylation sites (N-methyl/N-ethyl adjacent to an activating group) is 1. The number of amides is 1. The number of fused-ring (bicyclic) bond motifs is 1. The standard InChI is InChI=1S/C24H24FN3O4/c1-28(20-8-4-6-16-5-2-3-7-19(16)20)22(29)15-31-23(30)14-13-21-26-24(27-32-21)17-9-11-18(25)12-10-17/h2-3,5,7,9-12,20H,4,6,8,13-15H2,1H3. The van der Waals surface area contributed by atoms with Crippen molar-refractivity contribution in [3.05, 3.63) is 71.4 Å². The van der Waals surface area contributed by atoms with E-state index in [1.165, 1.54) is 17.7 Å². The summed E-state index contributed by atoms with van der Waals surface area (Å²) in [5.74, 6) is -0.525. The highest BCUT2D eigenvalue weighted by Crippen LogP contribution is 2.33. The molecule has 1 atom stereocenters. The van der Waals surface area contributed by atoms with Gasteiger partial charge in [0.1, 0.15) is 5.82 Å². The SMILES string of the molecule is CN(C(=O)COC(=O)CCc1nc(-c2ccc(F)cc2)no1)C1CCCc2ccccc21. The number of benzene rings is 2. The fraction of sp³-hybridized carbons (Fsp3) is 0.333. The molecule has 1 unspecified atom stereocenters. The summed E-state index contributed by atoms with van der Waals surface area (Å²) < 4.78 is 23.3. The third kappa shape index (κ3) is 5.01. The van der Waals surface area contributed by atoms with Crippen molar-refractivity contribution >= 4 is 11.9 Å². The lowest BCUT2D eigenvalue weighted by atomic mass is 9.87. The van der Waals surface area contributed by atoms with Gasteiger partial charge in [0.25, 0.3) is 5.91 Å². The highest BCUT2D eigenvalue weighted by molar-refractivity contribution is 5.81. The number of carbonyl (C=O) groups excluding carboxylic acids is 2. The first kappa shape index (κ1) is 21.7. The van der Waals surface area contributed by atoms with Crippen LogP contribution in [-0.2, 0) is 27.2 Å². The van der Waals surface area contributed by atoms with Crippen molar-refractivity contribution < 1.29 is 23.2 Å². The number of aryl methyl sites for hydroxylation is 2. The second kappa shape index (κ2) is 9.72. The van der Waals surface area contributed by atoms with Crippen molar-refractivity contribution in [1.29, 1.82) is 0 Å². The van der Waals surface area contributed by atoms with Crippen molar-refractivity contribution in [3.8, 4) is 11.4 Å². The van der Waals surface area contributed by atoms with Gasteiger partial charge in [-0.05, 0) is 54.7 Å². The van der Waals surface area contributed by atoms with Gasteiger partial charge in [-0.3, -0.25) is 9.59 Å². The molecule has 8 heteroatoms. The Morgan fingerprint density at radius 1 is 1.19 bits per heavy atom. The van der Waals surface area contributed by atoms with Gasteiger partial charge in [0, 0.05) is 19.0 Å². The monoisotopic (exact) mass is 437 g/mol. The lowest BCUT2D eigenvalue weighted by molar-refractivity contribution is -0.152. The largest absolute Gasteiger partial charge is 0.456 e. The van der Waals surface area contributed by atoms with Crippen LogP contribution in [0.15, 0.2) is 53.1 Å². The van der Waals surface area contributed by atoms with Gasteiger partial charge in [0.05, 0.1) is 12.5 Å². The summed E-state index contributed by atoms with van der Waals surface area (Å²) in [6.45, 7) is -0.307. The molecule has 0 N–H and O–H groups in total. The summed E-state index contributed by atoms with van der Waals surface area (Å²) in [4.78, 5) is 30.6. The third-order valence-electron chi connectivity index (χ3n) is 5.67. The molecule has 0 aliphatic heterocycles. The van der Waals surface area contributed by atoms with Gasteiger partial charge in [-0.1, -0.05) is 29.4 Å². The van der Waals surface area contributed by atoms with E-state index >= 15 is 0 Å². The van der Waals surface area contributed by atoms with Crippen LogP contribution >= 0.6 is 0 Å². The molecule has 7 nitrogen and oxygen atoms in total. The molecule has 1 heterocycles. The van der Waals surface area contributed by atoms with Crippen LogP contribution in [-0.4, -0.2) is 40.6 Å². The lowest BCUT2D eigenvalue weighted by Gasteiger charge is -2.33. The number of carbonyl (C=O) groups is 2. The molecule has 1 aromatic heterocycles. The van der Waals surface area contributed by atoms with E-state index in [1.807, 2.05) is 12.1 Å². The minimum Gasteiger partial charge on any atom is -0.456 e. The average molecular weight is 437 g/mol. The smallest absolute Gasteiger partial charge is 0.306 e. The number of nitrogens with zero attached hydrogens (tertiary/aromatic N) is 3. The van der Waals surface area contributed by atoms with Gasteiger partial charge in [-0.25, -0.2) is 4.39 Å². The molecular formula is C24H24FN3O4. The first-order chi connectivity index (χ1) is 15.5. The first-order valence-electron chi connectivity index (χ1n) is 10.6. The predicted molar refractivity (Wildman–Crippen MR) is 114 cm³/mol. The molecule has 0 spiro atoms. The number of ether oxygens (including phenoxy) is 1. The maximum atomic E-state index is 13.0. The van der Waals surface area contributed by atoms with Crippen LogP contribution in [0.1, 0.15) is 42.3 Å². The van der Waals surface area contributed by atoms with Crippen LogP contribution in [0.4, 0.5) is 4.39 Å². The summed E-state index contributed by atoms with van der Waals surface area (Å²) in [6, 6.07) is 13.8. The minimum atomic E-state index is -0.516. The molecule has 1 aliphatic rings. The molecule has 2 aromatic carbocycles. The van der Waals surface area contributed by atoms with Gasteiger partial charge >= 0.3 is 5.97 Å². The summed E-state index contributed by atoms with van der Waals surface area (Å²) in [5, 5.41) is 3.84. The molecule has 166 valence electrons. The van der Waals surface area contributed by atoms with Gasteiger partial charge in [-0.2, -0.15) is 4.98 Å². The molecular weight excluding hydrogens is 413 g/mol. The van der Waals surface area contributed by atoms with Crippen LogP contribution in [0.2, 0.25) is 0 Å². The van der Waals surface area contributed by atoms with Crippen LogP contribution < -0.4 is 0 Å². The maximum absolute atomic E-state index is 13.0. The summed E-state index contributed by atoms with van der Waals surface area (Å²) in [6.07, 6.45) is 3.12. The highest BCUT2D eigenvalue weighted by Gasteiger charge is 2.27. The molecule has 32 heavy (non-hydrogen) atoms. The molecule has 0 saturated heterocycles. The van der Waals surface area contributed by atoms with Crippen LogP contribution in [0.25, 0.3) is 11.4 Å². The zero-order valence-corrected chi connectivity index (χ0v) is 17.8. The number of aromatic nitrogens is 2. The number of rotatable bonds is 7.